The van der Waals surface area contributed by atoms with Crippen molar-refractivity contribution in [2.24, 2.45) is 0 Å². The molecule has 2 aliphatic rings. The van der Waals surface area contributed by atoms with Crippen LogP contribution in [0.15, 0.2) is 136 Å². The van der Waals surface area contributed by atoms with Crippen molar-refractivity contribution < 1.29 is 18.3 Å². The minimum absolute atomic E-state index is 0.787. The highest BCUT2D eigenvalue weighted by Gasteiger charge is 2.21. The van der Waals surface area contributed by atoms with Crippen molar-refractivity contribution in [2.75, 3.05) is 0 Å². The van der Waals surface area contributed by atoms with E-state index in [9.17, 15) is 0 Å². The zero-order valence-electron chi connectivity index (χ0n) is 29.2. The van der Waals surface area contributed by atoms with Crippen LogP contribution in [0.2, 0.25) is 0 Å². The molecule has 4 nitrogen and oxygen atoms in total. The number of rotatable bonds is 6. The molecule has 0 spiro atoms. The van der Waals surface area contributed by atoms with E-state index >= 15 is 0 Å². The van der Waals surface area contributed by atoms with Crippen molar-refractivity contribution in [2.45, 2.75) is 39.5 Å². The molecule has 8 aromatic rings. The number of benzene rings is 6. The third kappa shape index (κ3) is 5.22. The largest absolute Gasteiger partial charge is 0.461 e. The predicted octanol–water partition coefficient (Wildman–Crippen LogP) is 13.3. The van der Waals surface area contributed by atoms with Gasteiger partial charge >= 0.3 is 0 Å². The Hall–Kier alpha value is -6.26. The summed E-state index contributed by atoms with van der Waals surface area (Å²) in [5.41, 5.74) is 11.0. The van der Waals surface area contributed by atoms with Gasteiger partial charge in [-0.3, -0.25) is 0 Å². The lowest BCUT2D eigenvalue weighted by molar-refractivity contribution is 0.451. The first kappa shape index (κ1) is 30.6. The van der Waals surface area contributed by atoms with E-state index in [1.807, 2.05) is 24.3 Å². The third-order valence-electron chi connectivity index (χ3n) is 10.6. The molecule has 52 heavy (non-hydrogen) atoms. The number of fused-ring (bicyclic) bond motifs is 6. The Labute approximate surface area is 302 Å². The molecule has 0 N–H and O–H groups in total. The van der Waals surface area contributed by atoms with E-state index in [0.717, 1.165) is 110 Å². The molecular weight excluding hydrogens is 641 g/mol. The Bertz CT molecular complexity index is 2730. The average Bonchev–Trinajstić information content (AvgIpc) is 3.89. The Balaban J connectivity index is 0.930. The molecular formula is C48H36O4. The molecule has 6 aromatic carbocycles. The van der Waals surface area contributed by atoms with Crippen LogP contribution in [0.25, 0.3) is 67.1 Å². The van der Waals surface area contributed by atoms with Crippen molar-refractivity contribution >= 4 is 44.9 Å². The molecule has 0 radical (unpaired) electrons. The molecule has 0 fully saturated rings. The van der Waals surface area contributed by atoms with Gasteiger partial charge in [-0.1, -0.05) is 79.7 Å². The number of furan rings is 2. The summed E-state index contributed by atoms with van der Waals surface area (Å²) in [7, 11) is 0. The first-order chi connectivity index (χ1) is 25.6. The van der Waals surface area contributed by atoms with Crippen LogP contribution in [0, 0.1) is 6.92 Å². The standard InChI is InChI=1S/C48H36O4/c1-3-43-42(28-38-26-35-8-4-6-10-45(35)50-38)41-27-34(18-22-47(41)51-43)33-15-13-31-12-14-32(24-36(31)25-33)30-16-19-37(20-17-30)49-44-23-21-40-39-9-5-7-11-46(39)52-48(40)29(44)2/h4-6,8-10,12-25,27-28H,3,7,11,26H2,1-2H3/b38-28+. The SMILES string of the molecule is CCc1oc2ccc(-c3ccc4ccc(-c5ccc(Oc6ccc7c8c(oc7c6C)CCC=C8)cc5)cc4c3)cc2c1/C=C1\Cc2ccccc2O1. The van der Waals surface area contributed by atoms with Gasteiger partial charge in [-0.15, -0.1) is 0 Å². The van der Waals surface area contributed by atoms with Gasteiger partial charge in [0.05, 0.1) is 0 Å². The van der Waals surface area contributed by atoms with E-state index < -0.39 is 0 Å². The predicted molar refractivity (Wildman–Crippen MR) is 211 cm³/mol. The molecule has 0 atom stereocenters. The maximum Gasteiger partial charge on any atom is 0.141 e. The van der Waals surface area contributed by atoms with E-state index in [-0.39, 0.29) is 0 Å². The molecule has 252 valence electrons. The summed E-state index contributed by atoms with van der Waals surface area (Å²) in [4.78, 5) is 0. The first-order valence-corrected chi connectivity index (χ1v) is 18.1. The molecule has 3 heterocycles. The lowest BCUT2D eigenvalue weighted by Gasteiger charge is -2.11. The highest BCUT2D eigenvalue weighted by Crippen LogP contribution is 2.39. The molecule has 0 saturated carbocycles. The highest BCUT2D eigenvalue weighted by molar-refractivity contribution is 5.96. The monoisotopic (exact) mass is 676 g/mol. The normalized spacial score (nSPS) is 14.3. The maximum absolute atomic E-state index is 6.38. The van der Waals surface area contributed by atoms with Gasteiger partial charge in [-0.25, -0.2) is 0 Å². The second kappa shape index (κ2) is 12.2. The number of hydrogen-bond donors (Lipinski definition) is 0. The Morgan fingerprint density at radius 1 is 0.731 bits per heavy atom. The van der Waals surface area contributed by atoms with Gasteiger partial charge in [-0.05, 0) is 107 Å². The topological polar surface area (TPSA) is 44.7 Å². The number of ether oxygens (including phenoxy) is 2. The summed E-state index contributed by atoms with van der Waals surface area (Å²) in [6.07, 6.45) is 10.1. The van der Waals surface area contributed by atoms with Crippen LogP contribution in [-0.2, 0) is 19.3 Å². The number of hydrogen-bond acceptors (Lipinski definition) is 4. The highest BCUT2D eigenvalue weighted by atomic mass is 16.5. The minimum atomic E-state index is 0.787. The van der Waals surface area contributed by atoms with Gasteiger partial charge in [0.25, 0.3) is 0 Å². The summed E-state index contributed by atoms with van der Waals surface area (Å²) in [5, 5.41) is 4.65. The number of aryl methyl sites for hydroxylation is 3. The summed E-state index contributed by atoms with van der Waals surface area (Å²) in [5.74, 6) is 5.54. The molecule has 4 heteroatoms. The molecule has 0 unspecified atom stereocenters. The maximum atomic E-state index is 6.38. The Morgan fingerprint density at radius 2 is 1.50 bits per heavy atom. The third-order valence-corrected chi connectivity index (χ3v) is 10.6. The van der Waals surface area contributed by atoms with Gasteiger partial charge in [0, 0.05) is 52.3 Å². The van der Waals surface area contributed by atoms with Gasteiger partial charge in [0.1, 0.15) is 45.7 Å². The van der Waals surface area contributed by atoms with Crippen LogP contribution in [-0.4, -0.2) is 0 Å². The van der Waals surface area contributed by atoms with Crippen LogP contribution < -0.4 is 9.47 Å². The summed E-state index contributed by atoms with van der Waals surface area (Å²) >= 11 is 0. The minimum Gasteiger partial charge on any atom is -0.461 e. The fourth-order valence-electron chi connectivity index (χ4n) is 7.81. The second-order valence-corrected chi connectivity index (χ2v) is 13.8. The molecule has 1 aliphatic carbocycles. The van der Waals surface area contributed by atoms with Crippen molar-refractivity contribution in [1.82, 2.24) is 0 Å². The van der Waals surface area contributed by atoms with Crippen LogP contribution >= 0.6 is 0 Å². The van der Waals surface area contributed by atoms with Crippen LogP contribution in [0.5, 0.6) is 17.2 Å². The molecule has 0 saturated heterocycles. The zero-order chi connectivity index (χ0) is 34.8. The first-order valence-electron chi connectivity index (χ1n) is 18.1. The summed E-state index contributed by atoms with van der Waals surface area (Å²) in [6, 6.07) is 40.6. The zero-order valence-corrected chi connectivity index (χ0v) is 29.2. The Kier molecular flexibility index (Phi) is 7.17. The number of para-hydroxylation sites is 1. The molecule has 2 aromatic heterocycles. The smallest absolute Gasteiger partial charge is 0.141 e. The van der Waals surface area contributed by atoms with Crippen molar-refractivity contribution in [1.29, 1.82) is 0 Å². The van der Waals surface area contributed by atoms with Crippen molar-refractivity contribution in [3.05, 3.63) is 161 Å². The van der Waals surface area contributed by atoms with E-state index in [4.69, 9.17) is 18.3 Å². The van der Waals surface area contributed by atoms with Gasteiger partial charge in [0.2, 0.25) is 0 Å². The van der Waals surface area contributed by atoms with Gasteiger partial charge in [-0.2, -0.15) is 0 Å². The van der Waals surface area contributed by atoms with Crippen molar-refractivity contribution in [3.8, 4) is 39.5 Å². The van der Waals surface area contributed by atoms with Crippen LogP contribution in [0.1, 0.15) is 47.1 Å². The Morgan fingerprint density at radius 3 is 2.33 bits per heavy atom. The molecule has 1 aliphatic heterocycles. The fraction of sp³-hybridized carbons (Fsp3) is 0.125. The lowest BCUT2D eigenvalue weighted by atomic mass is 9.96. The summed E-state index contributed by atoms with van der Waals surface area (Å²) in [6.45, 7) is 4.21. The lowest BCUT2D eigenvalue weighted by Crippen LogP contribution is -1.89. The average molecular weight is 677 g/mol. The molecule has 10 rings (SSSR count). The van der Waals surface area contributed by atoms with Crippen LogP contribution in [0.3, 0.4) is 0 Å². The second-order valence-electron chi connectivity index (χ2n) is 13.8. The molecule has 0 bridgehead atoms. The van der Waals surface area contributed by atoms with E-state index in [0.29, 0.717) is 0 Å². The van der Waals surface area contributed by atoms with Crippen LogP contribution in [0.4, 0.5) is 0 Å². The van der Waals surface area contributed by atoms with Gasteiger partial charge in [0.15, 0.2) is 0 Å². The number of allylic oxidation sites excluding steroid dienone is 2. The quantitative estimate of drug-likeness (QED) is 0.176. The van der Waals surface area contributed by atoms with E-state index in [1.54, 1.807) is 0 Å². The van der Waals surface area contributed by atoms with E-state index in [1.165, 1.54) is 27.5 Å². The molecule has 0 amide bonds. The summed E-state index contributed by atoms with van der Waals surface area (Å²) < 4.78 is 25.2. The fourth-order valence-corrected chi connectivity index (χ4v) is 7.81. The van der Waals surface area contributed by atoms with E-state index in [2.05, 4.69) is 123 Å². The van der Waals surface area contributed by atoms with Crippen molar-refractivity contribution in [3.63, 3.8) is 0 Å². The van der Waals surface area contributed by atoms with Gasteiger partial charge < -0.3 is 18.3 Å².